The molecule has 4 rings (SSSR count). The van der Waals surface area contributed by atoms with E-state index in [4.69, 9.17) is 39.5 Å². The maximum Gasteiger partial charge on any atom is 0.335 e. The molecule has 0 saturated carbocycles. The van der Waals surface area contributed by atoms with Crippen molar-refractivity contribution in [2.75, 3.05) is 4.90 Å². The number of anilines is 1. The Labute approximate surface area is 209 Å². The zero-order valence-corrected chi connectivity index (χ0v) is 19.5. The van der Waals surface area contributed by atoms with Crippen LogP contribution in [0.3, 0.4) is 0 Å². The number of halogens is 3. The molecule has 172 valence electrons. The van der Waals surface area contributed by atoms with Crippen molar-refractivity contribution >= 4 is 64.4 Å². The number of amides is 4. The summed E-state index contributed by atoms with van der Waals surface area (Å²) in [5.41, 5.74) is 1.10. The van der Waals surface area contributed by atoms with Crippen LogP contribution in [-0.2, 0) is 16.2 Å². The van der Waals surface area contributed by atoms with Crippen LogP contribution in [-0.4, -0.2) is 23.0 Å². The molecular weight excluding hydrogens is 503 g/mol. The predicted molar refractivity (Wildman–Crippen MR) is 129 cm³/mol. The number of carbonyl (C=O) groups is 3. The summed E-state index contributed by atoms with van der Waals surface area (Å²) in [6, 6.07) is 14.3. The first-order valence-corrected chi connectivity index (χ1v) is 10.9. The number of phenols is 1. The average Bonchev–Trinajstić information content (AvgIpc) is 2.78. The van der Waals surface area contributed by atoms with E-state index in [1.165, 1.54) is 36.4 Å². The molecule has 0 bridgehead atoms. The number of carbonyl (C=O) groups excluding carboxylic acids is 3. The second-order valence-electron chi connectivity index (χ2n) is 7.19. The number of benzene rings is 3. The highest BCUT2D eigenvalue weighted by Gasteiger charge is 2.36. The number of ether oxygens (including phenoxy) is 1. The van der Waals surface area contributed by atoms with Crippen LogP contribution >= 0.6 is 34.8 Å². The molecule has 0 atom stereocenters. The van der Waals surface area contributed by atoms with Gasteiger partial charge in [0.15, 0.2) is 0 Å². The van der Waals surface area contributed by atoms with Gasteiger partial charge in [-0.3, -0.25) is 14.9 Å². The Hall–Kier alpha value is -3.52. The number of aromatic hydroxyl groups is 1. The summed E-state index contributed by atoms with van der Waals surface area (Å²) in [7, 11) is 0. The number of urea groups is 1. The molecule has 2 N–H and O–H groups in total. The number of nitrogens with one attached hydrogen (secondary N) is 1. The van der Waals surface area contributed by atoms with Gasteiger partial charge in [-0.05, 0) is 60.2 Å². The molecule has 0 radical (unpaired) electrons. The summed E-state index contributed by atoms with van der Waals surface area (Å²) in [5, 5.41) is 12.8. The van der Waals surface area contributed by atoms with Gasteiger partial charge in [0.1, 0.15) is 23.7 Å². The summed E-state index contributed by atoms with van der Waals surface area (Å²) >= 11 is 18.4. The topological polar surface area (TPSA) is 95.9 Å². The van der Waals surface area contributed by atoms with Crippen LogP contribution in [0.15, 0.2) is 66.2 Å². The zero-order valence-electron chi connectivity index (χ0n) is 17.2. The third-order valence-corrected chi connectivity index (χ3v) is 5.76. The minimum Gasteiger partial charge on any atom is -0.508 e. The smallest absolute Gasteiger partial charge is 0.335 e. The van der Waals surface area contributed by atoms with Gasteiger partial charge in [0, 0.05) is 15.6 Å². The van der Waals surface area contributed by atoms with Gasteiger partial charge in [0.2, 0.25) is 0 Å². The van der Waals surface area contributed by atoms with Crippen LogP contribution in [0.25, 0.3) is 6.08 Å². The fraction of sp³-hybridized carbons (Fsp3) is 0.0417. The van der Waals surface area contributed by atoms with Crippen LogP contribution in [0.5, 0.6) is 11.5 Å². The third-order valence-electron chi connectivity index (χ3n) is 4.87. The van der Waals surface area contributed by atoms with Gasteiger partial charge in [0.05, 0.1) is 10.7 Å². The predicted octanol–water partition coefficient (Wildman–Crippen LogP) is 5.60. The highest BCUT2D eigenvalue weighted by atomic mass is 35.5. The zero-order chi connectivity index (χ0) is 24.4. The van der Waals surface area contributed by atoms with Crippen LogP contribution in [0.1, 0.15) is 11.1 Å². The Balaban J connectivity index is 1.55. The van der Waals surface area contributed by atoms with Crippen molar-refractivity contribution in [1.29, 1.82) is 0 Å². The Morgan fingerprint density at radius 3 is 2.32 bits per heavy atom. The van der Waals surface area contributed by atoms with E-state index in [-0.39, 0.29) is 28.6 Å². The lowest BCUT2D eigenvalue weighted by Gasteiger charge is -2.26. The van der Waals surface area contributed by atoms with Crippen molar-refractivity contribution in [3.05, 3.63) is 92.4 Å². The summed E-state index contributed by atoms with van der Waals surface area (Å²) < 4.78 is 5.73. The number of hydrogen-bond donors (Lipinski definition) is 2. The molecule has 0 unspecified atom stereocenters. The summed E-state index contributed by atoms with van der Waals surface area (Å²) in [6.07, 6.45) is 1.32. The molecule has 1 saturated heterocycles. The van der Waals surface area contributed by atoms with Crippen molar-refractivity contribution in [3.8, 4) is 11.5 Å². The molecule has 3 aromatic carbocycles. The quantitative estimate of drug-likeness (QED) is 0.339. The van der Waals surface area contributed by atoms with Gasteiger partial charge in [-0.2, -0.15) is 0 Å². The van der Waals surface area contributed by atoms with Crippen molar-refractivity contribution < 1.29 is 24.2 Å². The highest BCUT2D eigenvalue weighted by molar-refractivity contribution is 6.39. The second kappa shape index (κ2) is 9.77. The Morgan fingerprint density at radius 2 is 1.65 bits per heavy atom. The van der Waals surface area contributed by atoms with Crippen LogP contribution in [0.4, 0.5) is 10.5 Å². The summed E-state index contributed by atoms with van der Waals surface area (Å²) in [5.74, 6) is -1.31. The second-order valence-corrected chi connectivity index (χ2v) is 8.44. The van der Waals surface area contributed by atoms with Crippen molar-refractivity contribution in [2.24, 2.45) is 0 Å². The van der Waals surface area contributed by atoms with Crippen LogP contribution in [0.2, 0.25) is 15.1 Å². The first kappa shape index (κ1) is 23.6. The molecule has 3 aromatic rings. The van der Waals surface area contributed by atoms with Gasteiger partial charge in [-0.15, -0.1) is 0 Å². The van der Waals surface area contributed by atoms with E-state index >= 15 is 0 Å². The molecule has 0 aromatic heterocycles. The third kappa shape index (κ3) is 5.02. The molecule has 1 aliphatic rings. The lowest BCUT2D eigenvalue weighted by molar-refractivity contribution is -0.122. The Bertz CT molecular complexity index is 1340. The molecule has 0 spiro atoms. The van der Waals surface area contributed by atoms with E-state index in [0.717, 1.165) is 10.5 Å². The number of nitrogens with zero attached hydrogens (tertiary/aromatic N) is 1. The molecule has 34 heavy (non-hydrogen) atoms. The normalized spacial score (nSPS) is 15.0. The standard InChI is InChI=1S/C24H15Cl3N2O5/c25-15-3-2-14(19(26)11-15)12-34-21-8-1-13(10-20(21)27)9-18-22(31)28-24(33)29(23(18)32)16-4-6-17(30)7-5-16/h1-11,30H,12H2,(H,28,31,33)/b18-9+. The number of hydrogen-bond acceptors (Lipinski definition) is 5. The average molecular weight is 518 g/mol. The first-order valence-electron chi connectivity index (χ1n) is 9.79. The first-order chi connectivity index (χ1) is 16.2. The van der Waals surface area contributed by atoms with Gasteiger partial charge in [-0.1, -0.05) is 46.9 Å². The van der Waals surface area contributed by atoms with E-state index in [1.807, 2.05) is 0 Å². The lowest BCUT2D eigenvalue weighted by Crippen LogP contribution is -2.54. The van der Waals surface area contributed by atoms with Gasteiger partial charge >= 0.3 is 6.03 Å². The Kier molecular flexibility index (Phi) is 6.79. The maximum atomic E-state index is 12.9. The van der Waals surface area contributed by atoms with Crippen LogP contribution < -0.4 is 15.0 Å². The maximum absolute atomic E-state index is 12.9. The van der Waals surface area contributed by atoms with Crippen LogP contribution in [0, 0.1) is 0 Å². The molecule has 1 fully saturated rings. The molecule has 0 aliphatic carbocycles. The fourth-order valence-corrected chi connectivity index (χ4v) is 3.89. The Morgan fingerprint density at radius 1 is 0.912 bits per heavy atom. The monoisotopic (exact) mass is 516 g/mol. The molecule has 10 heteroatoms. The van der Waals surface area contributed by atoms with Gasteiger partial charge < -0.3 is 9.84 Å². The lowest BCUT2D eigenvalue weighted by atomic mass is 10.1. The largest absolute Gasteiger partial charge is 0.508 e. The molecule has 1 aliphatic heterocycles. The summed E-state index contributed by atoms with van der Waals surface area (Å²) in [4.78, 5) is 38.4. The molecule has 4 amide bonds. The fourth-order valence-electron chi connectivity index (χ4n) is 3.18. The van der Waals surface area contributed by atoms with E-state index in [0.29, 0.717) is 21.4 Å². The molecule has 1 heterocycles. The van der Waals surface area contributed by atoms with E-state index < -0.39 is 17.8 Å². The van der Waals surface area contributed by atoms with Crippen molar-refractivity contribution in [2.45, 2.75) is 6.61 Å². The van der Waals surface area contributed by atoms with E-state index in [2.05, 4.69) is 5.32 Å². The van der Waals surface area contributed by atoms with Crippen molar-refractivity contribution in [1.82, 2.24) is 5.32 Å². The number of phenolic OH excluding ortho intramolecular Hbond substituents is 1. The summed E-state index contributed by atoms with van der Waals surface area (Å²) in [6.45, 7) is 0.154. The minimum absolute atomic E-state index is 0.0317. The van der Waals surface area contributed by atoms with Gasteiger partial charge in [-0.25, -0.2) is 9.69 Å². The highest BCUT2D eigenvalue weighted by Crippen LogP contribution is 2.30. The number of rotatable bonds is 5. The van der Waals surface area contributed by atoms with Gasteiger partial charge in [0.25, 0.3) is 11.8 Å². The molecular formula is C24H15Cl3N2O5. The minimum atomic E-state index is -0.888. The number of barbiturate groups is 1. The van der Waals surface area contributed by atoms with E-state index in [1.54, 1.807) is 30.3 Å². The molecule has 7 nitrogen and oxygen atoms in total. The number of imide groups is 2. The van der Waals surface area contributed by atoms with Crippen molar-refractivity contribution in [3.63, 3.8) is 0 Å². The van der Waals surface area contributed by atoms with E-state index in [9.17, 15) is 19.5 Å². The SMILES string of the molecule is O=C1NC(=O)N(c2ccc(O)cc2)C(=O)/C1=C/c1ccc(OCc2ccc(Cl)cc2Cl)c(Cl)c1.